The molecule has 0 fully saturated rings. The number of hydrogen-bond donors (Lipinski definition) is 0. The van der Waals surface area contributed by atoms with Gasteiger partial charge in [-0.1, -0.05) is 90.9 Å². The SMILES string of the molecule is CCCCCCCCCCCCCC[n+]1ccn(C(C)C)c1CCCCC. The molecule has 2 nitrogen and oxygen atoms in total. The largest absolute Gasteiger partial charge is 0.256 e. The van der Waals surface area contributed by atoms with Gasteiger partial charge >= 0.3 is 0 Å². The highest BCUT2D eigenvalue weighted by molar-refractivity contribution is 4.86. The molecule has 0 atom stereocenters. The molecule has 0 unspecified atom stereocenters. The minimum atomic E-state index is 0.574. The van der Waals surface area contributed by atoms with Gasteiger partial charge in [0.2, 0.25) is 0 Å². The van der Waals surface area contributed by atoms with Crippen LogP contribution in [0, 0.1) is 0 Å². The Hall–Kier alpha value is -0.790. The molecule has 1 aromatic rings. The molecule has 0 bridgehead atoms. The lowest BCUT2D eigenvalue weighted by Crippen LogP contribution is -2.37. The third-order valence-corrected chi connectivity index (χ3v) is 5.85. The molecular formula is C25H49N2+. The van der Waals surface area contributed by atoms with Crippen LogP contribution >= 0.6 is 0 Å². The highest BCUT2D eigenvalue weighted by Crippen LogP contribution is 2.13. The Morgan fingerprint density at radius 3 is 1.70 bits per heavy atom. The summed E-state index contributed by atoms with van der Waals surface area (Å²) in [6, 6.07) is 0.574. The van der Waals surface area contributed by atoms with E-state index in [4.69, 9.17) is 0 Å². The van der Waals surface area contributed by atoms with Crippen molar-refractivity contribution in [1.29, 1.82) is 0 Å². The highest BCUT2D eigenvalue weighted by atomic mass is 15.2. The van der Waals surface area contributed by atoms with Crippen LogP contribution in [-0.4, -0.2) is 4.57 Å². The van der Waals surface area contributed by atoms with Crippen LogP contribution in [-0.2, 0) is 13.0 Å². The Kier molecular flexibility index (Phi) is 14.5. The van der Waals surface area contributed by atoms with E-state index in [2.05, 4.69) is 49.2 Å². The van der Waals surface area contributed by atoms with Gasteiger partial charge in [0.05, 0.1) is 12.6 Å². The molecule has 0 aliphatic heterocycles. The molecule has 0 N–H and O–H groups in total. The summed E-state index contributed by atoms with van der Waals surface area (Å²) in [5.74, 6) is 1.54. The summed E-state index contributed by atoms with van der Waals surface area (Å²) < 4.78 is 5.02. The molecule has 0 aliphatic rings. The Labute approximate surface area is 170 Å². The molecule has 0 radical (unpaired) electrons. The minimum absolute atomic E-state index is 0.574. The smallest absolute Gasteiger partial charge is 0.234 e. The van der Waals surface area contributed by atoms with E-state index in [0.717, 1.165) is 0 Å². The number of rotatable bonds is 18. The molecule has 2 heteroatoms. The first-order chi connectivity index (χ1) is 13.2. The average molecular weight is 378 g/mol. The molecule has 27 heavy (non-hydrogen) atoms. The summed E-state index contributed by atoms with van der Waals surface area (Å²) in [5.41, 5.74) is 0. The van der Waals surface area contributed by atoms with Crippen LogP contribution < -0.4 is 4.57 Å². The summed E-state index contributed by atoms with van der Waals surface area (Å²) in [6.07, 6.45) is 27.0. The van der Waals surface area contributed by atoms with Gasteiger partial charge in [-0.05, 0) is 33.1 Å². The number of imidazole rings is 1. The Bertz CT molecular complexity index is 447. The maximum absolute atomic E-state index is 2.53. The van der Waals surface area contributed by atoms with Crippen molar-refractivity contribution in [1.82, 2.24) is 4.57 Å². The summed E-state index contributed by atoms with van der Waals surface area (Å²) in [5, 5.41) is 0. The van der Waals surface area contributed by atoms with Crippen LogP contribution in [0.3, 0.4) is 0 Å². The molecule has 0 spiro atoms. The van der Waals surface area contributed by atoms with Gasteiger partial charge in [0.15, 0.2) is 0 Å². The molecule has 1 heterocycles. The monoisotopic (exact) mass is 377 g/mol. The predicted octanol–water partition coefficient (Wildman–Crippen LogP) is 7.79. The van der Waals surface area contributed by atoms with Crippen molar-refractivity contribution in [2.45, 2.75) is 143 Å². The van der Waals surface area contributed by atoms with Crippen molar-refractivity contribution in [3.05, 3.63) is 18.2 Å². The summed E-state index contributed by atoms with van der Waals surface area (Å²) in [6.45, 7) is 10.4. The predicted molar refractivity (Wildman–Crippen MR) is 119 cm³/mol. The third kappa shape index (κ3) is 11.0. The van der Waals surface area contributed by atoms with Gasteiger partial charge in [-0.2, -0.15) is 0 Å². The third-order valence-electron chi connectivity index (χ3n) is 5.85. The van der Waals surface area contributed by atoms with E-state index in [-0.39, 0.29) is 0 Å². The van der Waals surface area contributed by atoms with E-state index >= 15 is 0 Å². The maximum atomic E-state index is 2.53. The molecule has 0 saturated heterocycles. The van der Waals surface area contributed by atoms with E-state index in [1.54, 1.807) is 5.82 Å². The van der Waals surface area contributed by atoms with E-state index in [9.17, 15) is 0 Å². The van der Waals surface area contributed by atoms with Gasteiger partial charge < -0.3 is 0 Å². The van der Waals surface area contributed by atoms with Gasteiger partial charge in [0.1, 0.15) is 12.4 Å². The minimum Gasteiger partial charge on any atom is -0.234 e. The van der Waals surface area contributed by atoms with Crippen LogP contribution in [0.25, 0.3) is 0 Å². The first-order valence-corrected chi connectivity index (χ1v) is 12.3. The van der Waals surface area contributed by atoms with Gasteiger partial charge in [-0.15, -0.1) is 0 Å². The normalized spacial score (nSPS) is 11.6. The molecular weight excluding hydrogens is 328 g/mol. The summed E-state index contributed by atoms with van der Waals surface area (Å²) in [4.78, 5) is 0. The zero-order valence-corrected chi connectivity index (χ0v) is 19.1. The number of aryl methyl sites for hydroxylation is 1. The molecule has 1 aromatic heterocycles. The fourth-order valence-electron chi connectivity index (χ4n) is 4.08. The standard InChI is InChI=1S/C25H49N2/c1-5-7-9-10-11-12-13-14-15-16-17-19-21-26-22-23-27(24(3)4)25(26)20-18-8-6-2/h22-24H,5-21H2,1-4H3/q+1. The first kappa shape index (κ1) is 24.2. The second kappa shape index (κ2) is 16.2. The Morgan fingerprint density at radius 1 is 0.704 bits per heavy atom. The van der Waals surface area contributed by atoms with E-state index in [1.165, 1.54) is 109 Å². The van der Waals surface area contributed by atoms with E-state index < -0.39 is 0 Å². The lowest BCUT2D eigenvalue weighted by atomic mass is 10.1. The summed E-state index contributed by atoms with van der Waals surface area (Å²) >= 11 is 0. The van der Waals surface area contributed by atoms with E-state index in [0.29, 0.717) is 6.04 Å². The quantitative estimate of drug-likeness (QED) is 0.182. The van der Waals surface area contributed by atoms with Gasteiger partial charge in [-0.3, -0.25) is 0 Å². The lowest BCUT2D eigenvalue weighted by Gasteiger charge is -2.08. The van der Waals surface area contributed by atoms with Crippen molar-refractivity contribution in [3.63, 3.8) is 0 Å². The Balaban J connectivity index is 2.13. The van der Waals surface area contributed by atoms with E-state index in [1.807, 2.05) is 0 Å². The highest BCUT2D eigenvalue weighted by Gasteiger charge is 2.18. The molecule has 0 amide bonds. The van der Waals surface area contributed by atoms with Crippen LogP contribution in [0.15, 0.2) is 12.4 Å². The van der Waals surface area contributed by atoms with Gasteiger partial charge in [0.25, 0.3) is 5.82 Å². The van der Waals surface area contributed by atoms with Crippen molar-refractivity contribution in [3.8, 4) is 0 Å². The van der Waals surface area contributed by atoms with Crippen LogP contribution in [0.5, 0.6) is 0 Å². The van der Waals surface area contributed by atoms with Crippen molar-refractivity contribution in [2.75, 3.05) is 0 Å². The van der Waals surface area contributed by atoms with Gasteiger partial charge in [-0.25, -0.2) is 9.13 Å². The fraction of sp³-hybridized carbons (Fsp3) is 0.880. The lowest BCUT2D eigenvalue weighted by molar-refractivity contribution is -0.704. The Morgan fingerprint density at radius 2 is 1.19 bits per heavy atom. The average Bonchev–Trinajstić information content (AvgIpc) is 3.06. The van der Waals surface area contributed by atoms with Crippen LogP contribution in [0.1, 0.15) is 136 Å². The zero-order chi connectivity index (χ0) is 19.7. The summed E-state index contributed by atoms with van der Waals surface area (Å²) in [7, 11) is 0. The second-order valence-corrected chi connectivity index (χ2v) is 8.75. The molecule has 0 aliphatic carbocycles. The van der Waals surface area contributed by atoms with Crippen LogP contribution in [0.2, 0.25) is 0 Å². The molecule has 0 aromatic carbocycles. The van der Waals surface area contributed by atoms with Crippen molar-refractivity contribution < 1.29 is 4.57 Å². The second-order valence-electron chi connectivity index (χ2n) is 8.75. The fourth-order valence-corrected chi connectivity index (χ4v) is 4.08. The number of hydrogen-bond acceptors (Lipinski definition) is 0. The zero-order valence-electron chi connectivity index (χ0n) is 19.1. The topological polar surface area (TPSA) is 8.81 Å². The van der Waals surface area contributed by atoms with Gasteiger partial charge in [0, 0.05) is 6.42 Å². The number of aromatic nitrogens is 2. The number of nitrogens with zero attached hydrogens (tertiary/aromatic N) is 2. The molecule has 0 saturated carbocycles. The molecule has 158 valence electrons. The van der Waals surface area contributed by atoms with Crippen LogP contribution in [0.4, 0.5) is 0 Å². The van der Waals surface area contributed by atoms with Crippen molar-refractivity contribution >= 4 is 0 Å². The van der Waals surface area contributed by atoms with Crippen molar-refractivity contribution in [2.24, 2.45) is 0 Å². The number of unbranched alkanes of at least 4 members (excludes halogenated alkanes) is 13. The first-order valence-electron chi connectivity index (χ1n) is 12.3. The molecule has 1 rings (SSSR count). The maximum Gasteiger partial charge on any atom is 0.256 e.